The zero-order valence-corrected chi connectivity index (χ0v) is 16.1. The third kappa shape index (κ3) is 4.88. The Balaban J connectivity index is 1.53. The van der Waals surface area contributed by atoms with E-state index in [1.165, 1.54) is 0 Å². The summed E-state index contributed by atoms with van der Waals surface area (Å²) in [6.07, 6.45) is 1.51. The Morgan fingerprint density at radius 1 is 1.21 bits per heavy atom. The fourth-order valence-electron chi connectivity index (χ4n) is 2.97. The Kier molecular flexibility index (Phi) is 6.26. The van der Waals surface area contributed by atoms with Crippen molar-refractivity contribution in [3.05, 3.63) is 54.1 Å². The number of hydrogen-bond donors (Lipinski definition) is 2. The number of carbonyl (C=O) groups is 2. The fourth-order valence-corrected chi connectivity index (χ4v) is 2.97. The molecule has 2 N–H and O–H groups in total. The molecule has 146 valence electrons. The standard InChI is InChI=1S/C21H24N4O3/c1-15(16-8-10-18(11-9-16)25-12-4-7-21(25)27)23-24-20(26)14-22-17-5-3-6-19(13-17)28-2/h3,5-6,8-11,13,22H,4,7,12,14H2,1-2H3,(H,24,26)/b23-15-. The van der Waals surface area contributed by atoms with E-state index in [4.69, 9.17) is 4.74 Å². The van der Waals surface area contributed by atoms with Gasteiger partial charge in [0.2, 0.25) is 5.91 Å². The van der Waals surface area contributed by atoms with Gasteiger partial charge in [0, 0.05) is 30.4 Å². The highest BCUT2D eigenvalue weighted by Gasteiger charge is 2.21. The molecule has 0 radical (unpaired) electrons. The number of hydrazone groups is 1. The van der Waals surface area contributed by atoms with Crippen LogP contribution < -0.4 is 20.4 Å². The fraction of sp³-hybridized carbons (Fsp3) is 0.286. The van der Waals surface area contributed by atoms with Gasteiger partial charge in [-0.05, 0) is 43.2 Å². The normalized spacial score (nSPS) is 14.1. The molecule has 3 rings (SSSR count). The summed E-state index contributed by atoms with van der Waals surface area (Å²) in [5.41, 5.74) is 5.81. The third-order valence-corrected chi connectivity index (χ3v) is 4.54. The highest BCUT2D eigenvalue weighted by molar-refractivity contribution is 6.00. The number of nitrogens with zero attached hydrogens (tertiary/aromatic N) is 2. The minimum absolute atomic E-state index is 0.0972. The first-order chi connectivity index (χ1) is 13.6. The van der Waals surface area contributed by atoms with E-state index in [9.17, 15) is 9.59 Å². The van der Waals surface area contributed by atoms with Gasteiger partial charge in [-0.2, -0.15) is 5.10 Å². The van der Waals surface area contributed by atoms with Crippen LogP contribution in [0.5, 0.6) is 5.75 Å². The molecule has 0 bridgehead atoms. The maximum absolute atomic E-state index is 12.0. The van der Waals surface area contributed by atoms with Crippen molar-refractivity contribution < 1.29 is 14.3 Å². The molecule has 28 heavy (non-hydrogen) atoms. The first-order valence-corrected chi connectivity index (χ1v) is 9.18. The maximum Gasteiger partial charge on any atom is 0.259 e. The van der Waals surface area contributed by atoms with Gasteiger partial charge in [-0.3, -0.25) is 9.59 Å². The molecule has 1 heterocycles. The molecule has 2 aromatic carbocycles. The molecule has 1 saturated heterocycles. The van der Waals surface area contributed by atoms with Gasteiger partial charge in [0.15, 0.2) is 0 Å². The monoisotopic (exact) mass is 380 g/mol. The van der Waals surface area contributed by atoms with Crippen molar-refractivity contribution in [3.63, 3.8) is 0 Å². The second kappa shape index (κ2) is 9.03. The summed E-state index contributed by atoms with van der Waals surface area (Å²) >= 11 is 0. The van der Waals surface area contributed by atoms with E-state index in [0.29, 0.717) is 12.1 Å². The van der Waals surface area contributed by atoms with Crippen LogP contribution in [0, 0.1) is 0 Å². The van der Waals surface area contributed by atoms with Crippen molar-refractivity contribution in [2.24, 2.45) is 5.10 Å². The van der Waals surface area contributed by atoms with Gasteiger partial charge in [0.25, 0.3) is 5.91 Å². The van der Waals surface area contributed by atoms with Gasteiger partial charge in [0.1, 0.15) is 5.75 Å². The highest BCUT2D eigenvalue weighted by atomic mass is 16.5. The predicted molar refractivity (Wildman–Crippen MR) is 110 cm³/mol. The van der Waals surface area contributed by atoms with E-state index in [2.05, 4.69) is 15.8 Å². The molecule has 0 atom stereocenters. The second-order valence-corrected chi connectivity index (χ2v) is 6.51. The van der Waals surface area contributed by atoms with E-state index < -0.39 is 0 Å². The summed E-state index contributed by atoms with van der Waals surface area (Å²) in [5.74, 6) is 0.633. The number of nitrogens with one attached hydrogen (secondary N) is 2. The summed E-state index contributed by atoms with van der Waals surface area (Å²) < 4.78 is 5.15. The second-order valence-electron chi connectivity index (χ2n) is 6.51. The van der Waals surface area contributed by atoms with Crippen LogP contribution in [0.15, 0.2) is 53.6 Å². The smallest absolute Gasteiger partial charge is 0.259 e. The molecule has 2 aromatic rings. The Hall–Kier alpha value is -3.35. The quantitative estimate of drug-likeness (QED) is 0.572. The molecular weight excluding hydrogens is 356 g/mol. The van der Waals surface area contributed by atoms with Crippen LogP contribution in [-0.2, 0) is 9.59 Å². The van der Waals surface area contributed by atoms with E-state index in [0.717, 1.165) is 35.7 Å². The zero-order valence-electron chi connectivity index (χ0n) is 16.1. The van der Waals surface area contributed by atoms with Gasteiger partial charge in [-0.25, -0.2) is 5.43 Å². The molecular formula is C21H24N4O3. The van der Waals surface area contributed by atoms with Crippen LogP contribution in [0.4, 0.5) is 11.4 Å². The molecule has 7 nitrogen and oxygen atoms in total. The molecule has 0 spiro atoms. The average Bonchev–Trinajstić information content (AvgIpc) is 3.16. The van der Waals surface area contributed by atoms with Crippen LogP contribution in [0.1, 0.15) is 25.3 Å². The van der Waals surface area contributed by atoms with E-state index in [1.807, 2.05) is 55.5 Å². The third-order valence-electron chi connectivity index (χ3n) is 4.54. The molecule has 1 aliphatic heterocycles. The summed E-state index contributed by atoms with van der Waals surface area (Å²) in [7, 11) is 1.60. The van der Waals surface area contributed by atoms with Crippen molar-refractivity contribution in [3.8, 4) is 5.75 Å². The largest absolute Gasteiger partial charge is 0.497 e. The number of anilines is 2. The first kappa shape index (κ1) is 19.4. The average molecular weight is 380 g/mol. The van der Waals surface area contributed by atoms with Crippen molar-refractivity contribution in [2.45, 2.75) is 19.8 Å². The predicted octanol–water partition coefficient (Wildman–Crippen LogP) is 2.77. The molecule has 2 amide bonds. The summed E-state index contributed by atoms with van der Waals surface area (Å²) in [6.45, 7) is 2.69. The number of ether oxygens (including phenoxy) is 1. The van der Waals surface area contributed by atoms with Crippen LogP contribution in [0.3, 0.4) is 0 Å². The van der Waals surface area contributed by atoms with Crippen molar-refractivity contribution in [1.82, 2.24) is 5.43 Å². The van der Waals surface area contributed by atoms with Gasteiger partial charge < -0.3 is 15.0 Å². The Morgan fingerprint density at radius 2 is 2.00 bits per heavy atom. The minimum atomic E-state index is -0.249. The zero-order chi connectivity index (χ0) is 19.9. The Morgan fingerprint density at radius 3 is 2.68 bits per heavy atom. The van der Waals surface area contributed by atoms with Crippen LogP contribution in [0.2, 0.25) is 0 Å². The summed E-state index contributed by atoms with van der Waals surface area (Å²) in [4.78, 5) is 25.6. The van der Waals surface area contributed by atoms with Crippen LogP contribution >= 0.6 is 0 Å². The van der Waals surface area contributed by atoms with Gasteiger partial charge in [0.05, 0.1) is 19.4 Å². The summed E-state index contributed by atoms with van der Waals surface area (Å²) in [6, 6.07) is 15.0. The lowest BCUT2D eigenvalue weighted by Gasteiger charge is -2.15. The van der Waals surface area contributed by atoms with Crippen LogP contribution in [0.25, 0.3) is 0 Å². The lowest BCUT2D eigenvalue weighted by molar-refractivity contribution is -0.119. The molecule has 7 heteroatoms. The van der Waals surface area contributed by atoms with Gasteiger partial charge in [-0.1, -0.05) is 18.2 Å². The number of rotatable bonds is 7. The first-order valence-electron chi connectivity index (χ1n) is 9.18. The molecule has 0 saturated carbocycles. The SMILES string of the molecule is COc1cccc(NCC(=O)N/N=C(/C)c2ccc(N3CCCC3=O)cc2)c1. The van der Waals surface area contributed by atoms with E-state index in [1.54, 1.807) is 12.0 Å². The molecule has 0 aliphatic carbocycles. The lowest BCUT2D eigenvalue weighted by atomic mass is 10.1. The minimum Gasteiger partial charge on any atom is -0.497 e. The molecule has 0 unspecified atom stereocenters. The Bertz CT molecular complexity index is 877. The van der Waals surface area contributed by atoms with Gasteiger partial charge >= 0.3 is 0 Å². The topological polar surface area (TPSA) is 83.0 Å². The lowest BCUT2D eigenvalue weighted by Crippen LogP contribution is -2.26. The number of amides is 2. The number of hydrogen-bond acceptors (Lipinski definition) is 5. The van der Waals surface area contributed by atoms with Crippen molar-refractivity contribution >= 4 is 28.9 Å². The number of carbonyl (C=O) groups excluding carboxylic acids is 2. The van der Waals surface area contributed by atoms with Crippen molar-refractivity contribution in [1.29, 1.82) is 0 Å². The maximum atomic E-state index is 12.0. The van der Waals surface area contributed by atoms with Crippen molar-refractivity contribution in [2.75, 3.05) is 30.4 Å². The van der Waals surface area contributed by atoms with Gasteiger partial charge in [-0.15, -0.1) is 0 Å². The van der Waals surface area contributed by atoms with E-state index in [-0.39, 0.29) is 18.4 Å². The summed E-state index contributed by atoms with van der Waals surface area (Å²) in [5, 5.41) is 7.18. The Labute approximate surface area is 164 Å². The van der Waals surface area contributed by atoms with E-state index >= 15 is 0 Å². The molecule has 1 fully saturated rings. The number of benzene rings is 2. The molecule has 1 aliphatic rings. The highest BCUT2D eigenvalue weighted by Crippen LogP contribution is 2.21. The number of methoxy groups -OCH3 is 1. The molecule has 0 aromatic heterocycles. The van der Waals surface area contributed by atoms with Crippen LogP contribution in [-0.4, -0.2) is 37.7 Å².